The molecule has 0 aromatic carbocycles. The normalized spacial score (nSPS) is 22.3. The smallest absolute Gasteiger partial charge is 0.309 e. The maximum absolute atomic E-state index is 11.6. The van der Waals surface area contributed by atoms with Gasteiger partial charge in [0.15, 0.2) is 0 Å². The topological polar surface area (TPSA) is 58.4 Å². The molecular formula is C16H25N3O2. The van der Waals surface area contributed by atoms with Gasteiger partial charge in [-0.05, 0) is 45.2 Å². The zero-order valence-corrected chi connectivity index (χ0v) is 12.8. The standard InChI is InChI=1S/C16H25N3O2/c1-2-5-16(15(20)21)6-8-18(9-7-16)11-14-10-17-12-19(14)13-3-4-13/h10,12-13H,2-9,11H2,1H3,(H,20,21). The summed E-state index contributed by atoms with van der Waals surface area (Å²) in [6, 6.07) is 0.658. The molecule has 1 saturated heterocycles. The maximum Gasteiger partial charge on any atom is 0.309 e. The van der Waals surface area contributed by atoms with Gasteiger partial charge in [0.2, 0.25) is 0 Å². The molecule has 5 nitrogen and oxygen atoms in total. The van der Waals surface area contributed by atoms with Gasteiger partial charge in [0.05, 0.1) is 17.4 Å². The Bertz CT molecular complexity index is 499. The molecule has 1 aromatic heterocycles. The predicted octanol–water partition coefficient (Wildman–Crippen LogP) is 2.68. The molecule has 5 heteroatoms. The molecule has 0 spiro atoms. The van der Waals surface area contributed by atoms with Crippen LogP contribution in [0.2, 0.25) is 0 Å². The highest BCUT2D eigenvalue weighted by atomic mass is 16.4. The summed E-state index contributed by atoms with van der Waals surface area (Å²) in [6.07, 6.45) is 9.72. The van der Waals surface area contributed by atoms with Crippen LogP contribution in [0.1, 0.15) is 57.2 Å². The third kappa shape index (κ3) is 2.98. The number of carbonyl (C=O) groups is 1. The molecule has 116 valence electrons. The number of aliphatic carboxylic acids is 1. The highest BCUT2D eigenvalue weighted by molar-refractivity contribution is 5.74. The molecule has 1 aliphatic heterocycles. The van der Waals surface area contributed by atoms with Gasteiger partial charge in [-0.2, -0.15) is 0 Å². The number of piperidine rings is 1. The first-order valence-electron chi connectivity index (χ1n) is 8.11. The van der Waals surface area contributed by atoms with E-state index in [0.29, 0.717) is 6.04 Å². The highest BCUT2D eigenvalue weighted by Gasteiger charge is 2.40. The van der Waals surface area contributed by atoms with Gasteiger partial charge in [-0.3, -0.25) is 9.69 Å². The van der Waals surface area contributed by atoms with Crippen molar-refractivity contribution in [2.75, 3.05) is 13.1 Å². The Balaban J connectivity index is 1.60. The molecule has 0 atom stereocenters. The van der Waals surface area contributed by atoms with Crippen LogP contribution in [0.4, 0.5) is 0 Å². The first-order chi connectivity index (χ1) is 10.1. The molecule has 1 saturated carbocycles. The summed E-state index contributed by atoms with van der Waals surface area (Å²) in [6.45, 7) is 4.73. The summed E-state index contributed by atoms with van der Waals surface area (Å²) in [5.41, 5.74) is 0.790. The minimum atomic E-state index is -0.605. The number of hydrogen-bond acceptors (Lipinski definition) is 3. The molecule has 3 rings (SSSR count). The third-order valence-electron chi connectivity index (χ3n) is 5.07. The number of carboxylic acids is 1. The van der Waals surface area contributed by atoms with Gasteiger partial charge in [-0.1, -0.05) is 13.3 Å². The molecule has 21 heavy (non-hydrogen) atoms. The first-order valence-corrected chi connectivity index (χ1v) is 8.11. The maximum atomic E-state index is 11.6. The Morgan fingerprint density at radius 1 is 1.43 bits per heavy atom. The van der Waals surface area contributed by atoms with Crippen LogP contribution >= 0.6 is 0 Å². The van der Waals surface area contributed by atoms with Crippen molar-refractivity contribution in [1.29, 1.82) is 0 Å². The van der Waals surface area contributed by atoms with E-state index in [1.54, 1.807) is 0 Å². The lowest BCUT2D eigenvalue weighted by Gasteiger charge is -2.38. The van der Waals surface area contributed by atoms with Gasteiger partial charge in [0, 0.05) is 18.8 Å². The van der Waals surface area contributed by atoms with Crippen LogP contribution in [0, 0.1) is 5.41 Å². The number of aromatic nitrogens is 2. The van der Waals surface area contributed by atoms with E-state index in [1.807, 2.05) is 12.5 Å². The Kier molecular flexibility index (Phi) is 4.02. The summed E-state index contributed by atoms with van der Waals surface area (Å²) >= 11 is 0. The fraction of sp³-hybridized carbons (Fsp3) is 0.750. The number of rotatable bonds is 6. The van der Waals surface area contributed by atoms with E-state index < -0.39 is 11.4 Å². The van der Waals surface area contributed by atoms with Crippen LogP contribution in [0.3, 0.4) is 0 Å². The molecule has 0 radical (unpaired) electrons. The number of nitrogens with zero attached hydrogens (tertiary/aromatic N) is 3. The molecular weight excluding hydrogens is 266 g/mol. The number of imidazole rings is 1. The van der Waals surface area contributed by atoms with Crippen LogP contribution in [0.5, 0.6) is 0 Å². The van der Waals surface area contributed by atoms with Crippen LogP contribution in [0.15, 0.2) is 12.5 Å². The Labute approximate surface area is 126 Å². The van der Waals surface area contributed by atoms with Crippen LogP contribution in [0.25, 0.3) is 0 Å². The van der Waals surface area contributed by atoms with Crippen molar-refractivity contribution in [3.8, 4) is 0 Å². The van der Waals surface area contributed by atoms with Gasteiger partial charge < -0.3 is 9.67 Å². The molecule has 1 aromatic rings. The van der Waals surface area contributed by atoms with Crippen molar-refractivity contribution in [3.05, 3.63) is 18.2 Å². The zero-order chi connectivity index (χ0) is 14.9. The summed E-state index contributed by atoms with van der Waals surface area (Å²) in [5, 5.41) is 9.56. The van der Waals surface area contributed by atoms with Crippen LogP contribution in [-0.2, 0) is 11.3 Å². The quantitative estimate of drug-likeness (QED) is 0.875. The second-order valence-electron chi connectivity index (χ2n) is 6.64. The molecule has 2 fully saturated rings. The zero-order valence-electron chi connectivity index (χ0n) is 12.8. The molecule has 2 heterocycles. The van der Waals surface area contributed by atoms with Gasteiger partial charge in [-0.15, -0.1) is 0 Å². The summed E-state index contributed by atoms with van der Waals surface area (Å²) in [7, 11) is 0. The molecule has 1 N–H and O–H groups in total. The number of hydrogen-bond donors (Lipinski definition) is 1. The fourth-order valence-electron chi connectivity index (χ4n) is 3.55. The largest absolute Gasteiger partial charge is 0.481 e. The summed E-state index contributed by atoms with van der Waals surface area (Å²) in [5.74, 6) is -0.605. The summed E-state index contributed by atoms with van der Waals surface area (Å²) < 4.78 is 2.30. The minimum Gasteiger partial charge on any atom is -0.481 e. The molecule has 1 aliphatic carbocycles. The van der Waals surface area contributed by atoms with E-state index in [2.05, 4.69) is 21.4 Å². The summed E-state index contributed by atoms with van der Waals surface area (Å²) in [4.78, 5) is 18.3. The van der Waals surface area contributed by atoms with Crippen LogP contribution < -0.4 is 0 Å². The van der Waals surface area contributed by atoms with E-state index in [0.717, 1.165) is 45.3 Å². The van der Waals surface area contributed by atoms with E-state index in [4.69, 9.17) is 0 Å². The predicted molar refractivity (Wildman–Crippen MR) is 80.0 cm³/mol. The van der Waals surface area contributed by atoms with Crippen molar-refractivity contribution >= 4 is 5.97 Å². The van der Waals surface area contributed by atoms with Crippen molar-refractivity contribution in [3.63, 3.8) is 0 Å². The van der Waals surface area contributed by atoms with Gasteiger partial charge >= 0.3 is 5.97 Å². The van der Waals surface area contributed by atoms with E-state index in [9.17, 15) is 9.90 Å². The van der Waals surface area contributed by atoms with Crippen molar-refractivity contribution in [1.82, 2.24) is 14.5 Å². The van der Waals surface area contributed by atoms with Crippen molar-refractivity contribution in [2.45, 2.75) is 58.0 Å². The second-order valence-corrected chi connectivity index (χ2v) is 6.64. The molecule has 0 amide bonds. The third-order valence-corrected chi connectivity index (χ3v) is 5.07. The Hall–Kier alpha value is -1.36. The van der Waals surface area contributed by atoms with Gasteiger partial charge in [0.1, 0.15) is 0 Å². The van der Waals surface area contributed by atoms with E-state index in [1.165, 1.54) is 18.5 Å². The molecule has 0 unspecified atom stereocenters. The fourth-order valence-corrected chi connectivity index (χ4v) is 3.55. The SMILES string of the molecule is CCCC1(C(=O)O)CCN(Cc2cncn2C2CC2)CC1. The van der Waals surface area contributed by atoms with Crippen LogP contribution in [-0.4, -0.2) is 38.6 Å². The van der Waals surface area contributed by atoms with Gasteiger partial charge in [-0.25, -0.2) is 4.98 Å². The average Bonchev–Trinajstić information content (AvgIpc) is 3.21. The number of likely N-dealkylation sites (tertiary alicyclic amines) is 1. The lowest BCUT2D eigenvalue weighted by atomic mass is 9.75. The van der Waals surface area contributed by atoms with E-state index >= 15 is 0 Å². The minimum absolute atomic E-state index is 0.484. The monoisotopic (exact) mass is 291 g/mol. The molecule has 0 bridgehead atoms. The Morgan fingerprint density at radius 2 is 2.14 bits per heavy atom. The Morgan fingerprint density at radius 3 is 2.71 bits per heavy atom. The first kappa shape index (κ1) is 14.6. The average molecular weight is 291 g/mol. The highest BCUT2D eigenvalue weighted by Crippen LogP contribution is 2.38. The lowest BCUT2D eigenvalue weighted by Crippen LogP contribution is -2.44. The van der Waals surface area contributed by atoms with Crippen molar-refractivity contribution in [2.24, 2.45) is 5.41 Å². The van der Waals surface area contributed by atoms with Crippen molar-refractivity contribution < 1.29 is 9.90 Å². The lowest BCUT2D eigenvalue weighted by molar-refractivity contribution is -0.152. The molecule has 2 aliphatic rings. The van der Waals surface area contributed by atoms with E-state index in [-0.39, 0.29) is 0 Å². The van der Waals surface area contributed by atoms with Gasteiger partial charge in [0.25, 0.3) is 0 Å². The number of carboxylic acid groups (broad SMARTS) is 1. The second kappa shape index (κ2) is 5.79.